The molecule has 0 aliphatic carbocycles. The molecule has 2 rings (SSSR count). The minimum absolute atomic E-state index is 0.0962. The number of ether oxygens (including phenoxy) is 1. The normalized spacial score (nSPS) is 9.95. The number of benzene rings is 2. The third-order valence-electron chi connectivity index (χ3n) is 3.05. The summed E-state index contributed by atoms with van der Waals surface area (Å²) >= 11 is 0. The van der Waals surface area contributed by atoms with E-state index in [2.05, 4.69) is 0 Å². The number of rotatable bonds is 4. The van der Waals surface area contributed by atoms with Crippen LogP contribution in [0.1, 0.15) is 16.7 Å². The number of nitriles is 1. The van der Waals surface area contributed by atoms with Gasteiger partial charge in [-0.3, -0.25) is 10.1 Å². The molecule has 2 N–H and O–H groups in total. The topological polar surface area (TPSA) is 102 Å². The first-order chi connectivity index (χ1) is 10.0. The molecule has 0 saturated heterocycles. The van der Waals surface area contributed by atoms with Crippen molar-refractivity contribution in [3.63, 3.8) is 0 Å². The van der Waals surface area contributed by atoms with Crippen molar-refractivity contribution in [3.8, 4) is 17.6 Å². The van der Waals surface area contributed by atoms with Gasteiger partial charge >= 0.3 is 5.69 Å². The van der Waals surface area contributed by atoms with Gasteiger partial charge in [0.05, 0.1) is 16.6 Å². The Bertz CT molecular complexity index is 735. The lowest BCUT2D eigenvalue weighted by atomic mass is 10.1. The Morgan fingerprint density at radius 1 is 1.33 bits per heavy atom. The zero-order chi connectivity index (χ0) is 15.4. The van der Waals surface area contributed by atoms with Crippen molar-refractivity contribution < 1.29 is 9.66 Å². The second kappa shape index (κ2) is 6.03. The Balaban J connectivity index is 2.37. The third kappa shape index (κ3) is 3.16. The lowest BCUT2D eigenvalue weighted by Gasteiger charge is -2.09. The highest BCUT2D eigenvalue weighted by Gasteiger charge is 2.17. The molecular formula is C15H13N3O3. The molecule has 0 bridgehead atoms. The number of nitro groups is 1. The molecule has 0 radical (unpaired) electrons. The van der Waals surface area contributed by atoms with E-state index in [9.17, 15) is 10.1 Å². The van der Waals surface area contributed by atoms with Crippen LogP contribution in [0.15, 0.2) is 36.4 Å². The molecule has 6 nitrogen and oxygen atoms in total. The van der Waals surface area contributed by atoms with Crippen molar-refractivity contribution >= 4 is 5.69 Å². The molecule has 0 unspecified atom stereocenters. The lowest BCUT2D eigenvalue weighted by Crippen LogP contribution is -1.99. The minimum Gasteiger partial charge on any atom is -0.450 e. The van der Waals surface area contributed by atoms with Crippen molar-refractivity contribution in [1.29, 1.82) is 5.26 Å². The van der Waals surface area contributed by atoms with Crippen molar-refractivity contribution in [3.05, 3.63) is 63.2 Å². The highest BCUT2D eigenvalue weighted by atomic mass is 16.6. The van der Waals surface area contributed by atoms with Crippen LogP contribution in [-0.4, -0.2) is 4.92 Å². The molecule has 0 atom stereocenters. The van der Waals surface area contributed by atoms with Gasteiger partial charge in [0.15, 0.2) is 0 Å². The molecule has 0 fully saturated rings. The molecule has 2 aromatic rings. The molecule has 2 aromatic carbocycles. The average molecular weight is 283 g/mol. The summed E-state index contributed by atoms with van der Waals surface area (Å²) in [6.07, 6.45) is 0. The van der Waals surface area contributed by atoms with Crippen LogP contribution in [0.4, 0.5) is 5.69 Å². The summed E-state index contributed by atoms with van der Waals surface area (Å²) in [5.41, 5.74) is 7.49. The standard InChI is InChI=1S/C15H13N3O3/c1-10-6-13(4-3-12(10)9-17)21-15-5-2-11(8-16)7-14(15)18(19)20/h2-7H,9,17H2,1H3. The van der Waals surface area contributed by atoms with Gasteiger partial charge in [-0.25, -0.2) is 0 Å². The number of nitrogens with zero attached hydrogens (tertiary/aromatic N) is 2. The van der Waals surface area contributed by atoms with Crippen molar-refractivity contribution in [2.45, 2.75) is 13.5 Å². The molecule has 0 aromatic heterocycles. The molecular weight excluding hydrogens is 270 g/mol. The molecule has 6 heteroatoms. The fraction of sp³-hybridized carbons (Fsp3) is 0.133. The van der Waals surface area contributed by atoms with E-state index in [0.29, 0.717) is 12.3 Å². The van der Waals surface area contributed by atoms with Gasteiger partial charge in [-0.1, -0.05) is 6.07 Å². The van der Waals surface area contributed by atoms with Crippen molar-refractivity contribution in [2.24, 2.45) is 5.73 Å². The quantitative estimate of drug-likeness (QED) is 0.686. The van der Waals surface area contributed by atoms with Crippen molar-refractivity contribution in [1.82, 2.24) is 0 Å². The highest BCUT2D eigenvalue weighted by molar-refractivity contribution is 5.53. The van der Waals surface area contributed by atoms with Crippen LogP contribution in [-0.2, 0) is 6.54 Å². The number of hydrogen-bond acceptors (Lipinski definition) is 5. The Kier molecular flexibility index (Phi) is 4.16. The zero-order valence-electron chi connectivity index (χ0n) is 11.4. The van der Waals surface area contributed by atoms with E-state index in [4.69, 9.17) is 15.7 Å². The van der Waals surface area contributed by atoms with E-state index in [1.807, 2.05) is 19.1 Å². The van der Waals surface area contributed by atoms with E-state index in [-0.39, 0.29) is 17.0 Å². The second-order valence-corrected chi connectivity index (χ2v) is 4.45. The van der Waals surface area contributed by atoms with Gasteiger partial charge in [-0.2, -0.15) is 5.26 Å². The van der Waals surface area contributed by atoms with E-state index in [1.54, 1.807) is 12.1 Å². The van der Waals surface area contributed by atoms with Crippen LogP contribution in [0.3, 0.4) is 0 Å². The van der Waals surface area contributed by atoms with Crippen molar-refractivity contribution in [2.75, 3.05) is 0 Å². The van der Waals surface area contributed by atoms with Gasteiger partial charge in [-0.15, -0.1) is 0 Å². The Labute approximate surface area is 121 Å². The zero-order valence-corrected chi connectivity index (χ0v) is 11.4. The molecule has 0 aliphatic heterocycles. The van der Waals surface area contributed by atoms with Crippen LogP contribution in [0.25, 0.3) is 0 Å². The SMILES string of the molecule is Cc1cc(Oc2ccc(C#N)cc2[N+](=O)[O-])ccc1CN. The van der Waals surface area contributed by atoms with Gasteiger partial charge in [0, 0.05) is 12.6 Å². The predicted octanol–water partition coefficient (Wildman–Crippen LogP) is 3.03. The summed E-state index contributed by atoms with van der Waals surface area (Å²) in [6, 6.07) is 11.2. The molecule has 0 aliphatic rings. The van der Waals surface area contributed by atoms with E-state index in [1.165, 1.54) is 18.2 Å². The Morgan fingerprint density at radius 2 is 2.10 bits per heavy atom. The molecule has 106 valence electrons. The number of aryl methyl sites for hydroxylation is 1. The van der Waals surface area contributed by atoms with Gasteiger partial charge < -0.3 is 10.5 Å². The largest absolute Gasteiger partial charge is 0.450 e. The molecule has 0 heterocycles. The van der Waals surface area contributed by atoms with Gasteiger partial charge in [0.2, 0.25) is 5.75 Å². The summed E-state index contributed by atoms with van der Waals surface area (Å²) in [5, 5.41) is 19.8. The minimum atomic E-state index is -0.572. The summed E-state index contributed by atoms with van der Waals surface area (Å²) in [5.74, 6) is 0.580. The molecule has 0 spiro atoms. The van der Waals surface area contributed by atoms with E-state index in [0.717, 1.165) is 11.1 Å². The van der Waals surface area contributed by atoms with Gasteiger partial charge in [0.25, 0.3) is 0 Å². The van der Waals surface area contributed by atoms with Gasteiger partial charge in [0.1, 0.15) is 5.75 Å². The number of nitrogens with two attached hydrogens (primary N) is 1. The first-order valence-corrected chi connectivity index (χ1v) is 6.21. The first-order valence-electron chi connectivity index (χ1n) is 6.21. The van der Waals surface area contributed by atoms with Gasteiger partial charge in [-0.05, 0) is 42.3 Å². The Hall–Kier alpha value is -2.91. The summed E-state index contributed by atoms with van der Waals surface area (Å²) in [6.45, 7) is 2.31. The highest BCUT2D eigenvalue weighted by Crippen LogP contribution is 2.32. The molecule has 0 saturated carbocycles. The van der Waals surface area contributed by atoms with E-state index >= 15 is 0 Å². The van der Waals surface area contributed by atoms with Crippen LogP contribution in [0.2, 0.25) is 0 Å². The summed E-state index contributed by atoms with van der Waals surface area (Å²) in [7, 11) is 0. The first kappa shape index (κ1) is 14.5. The van der Waals surface area contributed by atoms with Crippen LogP contribution < -0.4 is 10.5 Å². The Morgan fingerprint density at radius 3 is 2.67 bits per heavy atom. The third-order valence-corrected chi connectivity index (χ3v) is 3.05. The van der Waals surface area contributed by atoms with Crippen LogP contribution >= 0.6 is 0 Å². The molecule has 0 amide bonds. The second-order valence-electron chi connectivity index (χ2n) is 4.45. The fourth-order valence-electron chi connectivity index (χ4n) is 1.90. The maximum absolute atomic E-state index is 11.0. The number of nitro benzene ring substituents is 1. The van der Waals surface area contributed by atoms with Crippen LogP contribution in [0, 0.1) is 28.4 Å². The fourth-order valence-corrected chi connectivity index (χ4v) is 1.90. The predicted molar refractivity (Wildman–Crippen MR) is 77.0 cm³/mol. The average Bonchev–Trinajstić information content (AvgIpc) is 2.47. The smallest absolute Gasteiger partial charge is 0.312 e. The maximum atomic E-state index is 11.0. The monoisotopic (exact) mass is 283 g/mol. The van der Waals surface area contributed by atoms with E-state index < -0.39 is 4.92 Å². The number of hydrogen-bond donors (Lipinski definition) is 1. The summed E-state index contributed by atoms with van der Waals surface area (Å²) in [4.78, 5) is 10.5. The lowest BCUT2D eigenvalue weighted by molar-refractivity contribution is -0.385. The summed E-state index contributed by atoms with van der Waals surface area (Å²) < 4.78 is 5.56. The molecule has 21 heavy (non-hydrogen) atoms. The van der Waals surface area contributed by atoms with Crippen LogP contribution in [0.5, 0.6) is 11.5 Å². The maximum Gasteiger partial charge on any atom is 0.312 e.